The van der Waals surface area contributed by atoms with E-state index in [1.165, 1.54) is 6.07 Å². The zero-order valence-corrected chi connectivity index (χ0v) is 11.9. The molecule has 108 valence electrons. The Bertz CT molecular complexity index is 656. The molecule has 0 aliphatic carbocycles. The first-order valence-corrected chi connectivity index (χ1v) is 6.67. The summed E-state index contributed by atoms with van der Waals surface area (Å²) in [6, 6.07) is 6.72. The van der Waals surface area contributed by atoms with Gasteiger partial charge in [0.1, 0.15) is 0 Å². The van der Waals surface area contributed by atoms with Gasteiger partial charge in [-0.25, -0.2) is 0 Å². The van der Waals surface area contributed by atoms with Crippen LogP contribution in [-0.4, -0.2) is 46.4 Å². The third kappa shape index (κ3) is 3.37. The van der Waals surface area contributed by atoms with Crippen LogP contribution in [0.4, 0.5) is 0 Å². The molecule has 2 aromatic rings. The number of aromatic amines is 1. The molecule has 0 bridgehead atoms. The van der Waals surface area contributed by atoms with Gasteiger partial charge in [0, 0.05) is 30.2 Å². The van der Waals surface area contributed by atoms with Crippen molar-refractivity contribution in [3.05, 3.63) is 45.2 Å². The van der Waals surface area contributed by atoms with E-state index in [0.29, 0.717) is 34.7 Å². The van der Waals surface area contributed by atoms with E-state index >= 15 is 0 Å². The van der Waals surface area contributed by atoms with Crippen molar-refractivity contribution in [2.45, 2.75) is 12.6 Å². The molecule has 1 unspecified atom stereocenters. The second kappa shape index (κ2) is 6.37. The Morgan fingerprint density at radius 1 is 1.45 bits per heavy atom. The van der Waals surface area contributed by atoms with Crippen molar-refractivity contribution in [1.82, 2.24) is 9.88 Å². The monoisotopic (exact) mass is 296 g/mol. The molecule has 1 atom stereocenters. The van der Waals surface area contributed by atoms with E-state index in [4.69, 9.17) is 16.7 Å². The summed E-state index contributed by atoms with van der Waals surface area (Å²) in [5, 5.41) is 19.3. The van der Waals surface area contributed by atoms with Gasteiger partial charge in [0.25, 0.3) is 0 Å². The molecule has 20 heavy (non-hydrogen) atoms. The van der Waals surface area contributed by atoms with E-state index in [0.717, 1.165) is 0 Å². The maximum atomic E-state index is 12.0. The third-order valence-electron chi connectivity index (χ3n) is 3.04. The Morgan fingerprint density at radius 3 is 2.90 bits per heavy atom. The predicted molar refractivity (Wildman–Crippen MR) is 79.0 cm³/mol. The van der Waals surface area contributed by atoms with E-state index in [2.05, 4.69) is 4.98 Å². The highest BCUT2D eigenvalue weighted by molar-refractivity contribution is 6.35. The van der Waals surface area contributed by atoms with Crippen LogP contribution in [0.2, 0.25) is 5.02 Å². The number of aliphatic hydroxyl groups excluding tert-OH is 2. The SMILES string of the molecule is CN(Cc1cc(=O)c2cccc(Cl)c2[nH]1)CC(O)CO. The first-order valence-electron chi connectivity index (χ1n) is 6.29. The second-order valence-electron chi connectivity index (χ2n) is 4.85. The van der Waals surface area contributed by atoms with Crippen molar-refractivity contribution in [1.29, 1.82) is 0 Å². The molecule has 0 aliphatic heterocycles. The zero-order chi connectivity index (χ0) is 14.7. The number of rotatable bonds is 5. The molecule has 1 aromatic heterocycles. The quantitative estimate of drug-likeness (QED) is 0.768. The minimum absolute atomic E-state index is 0.0904. The van der Waals surface area contributed by atoms with Gasteiger partial charge in [-0.3, -0.25) is 9.69 Å². The van der Waals surface area contributed by atoms with Crippen LogP contribution in [0.3, 0.4) is 0 Å². The van der Waals surface area contributed by atoms with Gasteiger partial charge in [-0.1, -0.05) is 17.7 Å². The fourth-order valence-electron chi connectivity index (χ4n) is 2.15. The lowest BCUT2D eigenvalue weighted by Gasteiger charge is -2.19. The van der Waals surface area contributed by atoms with Crippen molar-refractivity contribution >= 4 is 22.5 Å². The molecule has 0 aliphatic rings. The molecule has 0 spiro atoms. The number of halogens is 1. The summed E-state index contributed by atoms with van der Waals surface area (Å²) in [7, 11) is 1.80. The number of aliphatic hydroxyl groups is 2. The lowest BCUT2D eigenvalue weighted by molar-refractivity contribution is 0.0645. The number of benzene rings is 1. The Balaban J connectivity index is 2.27. The Hall–Kier alpha value is -1.40. The van der Waals surface area contributed by atoms with Crippen LogP contribution in [0, 0.1) is 0 Å². The standard InChI is InChI=1S/C14H17ClN2O3/c1-17(7-10(19)8-18)6-9-5-13(20)11-3-2-4-12(15)14(11)16-9/h2-5,10,18-19H,6-8H2,1H3,(H,16,20). The maximum absolute atomic E-state index is 12.0. The molecule has 0 radical (unpaired) electrons. The fourth-order valence-corrected chi connectivity index (χ4v) is 2.37. The number of likely N-dealkylation sites (N-methyl/N-ethyl adjacent to an activating group) is 1. The van der Waals surface area contributed by atoms with Gasteiger partial charge >= 0.3 is 0 Å². The van der Waals surface area contributed by atoms with Crippen LogP contribution < -0.4 is 5.43 Å². The van der Waals surface area contributed by atoms with Crippen molar-refractivity contribution < 1.29 is 10.2 Å². The number of fused-ring (bicyclic) bond motifs is 1. The van der Waals surface area contributed by atoms with Gasteiger partial charge in [0.15, 0.2) is 5.43 Å². The van der Waals surface area contributed by atoms with Crippen molar-refractivity contribution in [2.75, 3.05) is 20.2 Å². The van der Waals surface area contributed by atoms with Crippen LogP contribution >= 0.6 is 11.6 Å². The van der Waals surface area contributed by atoms with Gasteiger partial charge in [0.2, 0.25) is 0 Å². The molecule has 3 N–H and O–H groups in total. The van der Waals surface area contributed by atoms with Crippen molar-refractivity contribution in [3.8, 4) is 0 Å². The van der Waals surface area contributed by atoms with E-state index in [-0.39, 0.29) is 12.0 Å². The van der Waals surface area contributed by atoms with Gasteiger partial charge in [0.05, 0.1) is 23.3 Å². The van der Waals surface area contributed by atoms with Crippen molar-refractivity contribution in [3.63, 3.8) is 0 Å². The number of para-hydroxylation sites is 1. The number of hydrogen-bond acceptors (Lipinski definition) is 4. The molecule has 1 heterocycles. The van der Waals surface area contributed by atoms with Crippen molar-refractivity contribution in [2.24, 2.45) is 0 Å². The summed E-state index contributed by atoms with van der Waals surface area (Å²) in [5.74, 6) is 0. The topological polar surface area (TPSA) is 76.6 Å². The smallest absolute Gasteiger partial charge is 0.189 e. The van der Waals surface area contributed by atoms with Crippen LogP contribution in [0.5, 0.6) is 0 Å². The maximum Gasteiger partial charge on any atom is 0.189 e. The highest BCUT2D eigenvalue weighted by Gasteiger charge is 2.10. The predicted octanol–water partition coefficient (Wildman–Crippen LogP) is 0.966. The molecule has 0 saturated carbocycles. The van der Waals surface area contributed by atoms with Gasteiger partial charge < -0.3 is 15.2 Å². The average Bonchev–Trinajstić information content (AvgIpc) is 2.40. The summed E-state index contributed by atoms with van der Waals surface area (Å²) in [6.07, 6.45) is -0.796. The third-order valence-corrected chi connectivity index (χ3v) is 3.36. The molecule has 1 aromatic carbocycles. The van der Waals surface area contributed by atoms with Gasteiger partial charge in [-0.15, -0.1) is 0 Å². The molecule has 0 fully saturated rings. The minimum Gasteiger partial charge on any atom is -0.394 e. The summed E-state index contributed by atoms with van der Waals surface area (Å²) >= 11 is 6.09. The number of pyridine rings is 1. The summed E-state index contributed by atoms with van der Waals surface area (Å²) in [4.78, 5) is 17.0. The first-order chi connectivity index (χ1) is 9.51. The molecule has 5 nitrogen and oxygen atoms in total. The molecule has 0 saturated heterocycles. The van der Waals surface area contributed by atoms with E-state index in [9.17, 15) is 9.90 Å². The normalized spacial score (nSPS) is 13.1. The lowest BCUT2D eigenvalue weighted by atomic mass is 10.2. The summed E-state index contributed by atoms with van der Waals surface area (Å²) in [6.45, 7) is 0.483. The van der Waals surface area contributed by atoms with Crippen LogP contribution in [0.25, 0.3) is 10.9 Å². The highest BCUT2D eigenvalue weighted by Crippen LogP contribution is 2.19. The lowest BCUT2D eigenvalue weighted by Crippen LogP contribution is -2.31. The fraction of sp³-hybridized carbons (Fsp3) is 0.357. The second-order valence-corrected chi connectivity index (χ2v) is 5.26. The average molecular weight is 297 g/mol. The highest BCUT2D eigenvalue weighted by atomic mass is 35.5. The largest absolute Gasteiger partial charge is 0.394 e. The summed E-state index contributed by atoms with van der Waals surface area (Å²) < 4.78 is 0. The Labute approximate surface area is 121 Å². The van der Waals surface area contributed by atoms with Crippen LogP contribution in [0.1, 0.15) is 5.69 Å². The minimum atomic E-state index is -0.796. The van der Waals surface area contributed by atoms with E-state index < -0.39 is 6.10 Å². The number of hydrogen-bond donors (Lipinski definition) is 3. The number of nitrogens with one attached hydrogen (secondary N) is 1. The van der Waals surface area contributed by atoms with Gasteiger partial charge in [-0.05, 0) is 19.2 Å². The van der Waals surface area contributed by atoms with E-state index in [1.54, 1.807) is 25.2 Å². The zero-order valence-electron chi connectivity index (χ0n) is 11.1. The molecular formula is C14H17ClN2O3. The van der Waals surface area contributed by atoms with Crippen LogP contribution in [0.15, 0.2) is 29.1 Å². The number of H-pyrrole nitrogens is 1. The Morgan fingerprint density at radius 2 is 2.20 bits per heavy atom. The number of nitrogens with zero attached hydrogens (tertiary/aromatic N) is 1. The van der Waals surface area contributed by atoms with E-state index in [1.807, 2.05) is 4.90 Å². The molecule has 2 rings (SSSR count). The van der Waals surface area contributed by atoms with Crippen LogP contribution in [-0.2, 0) is 6.54 Å². The molecular weight excluding hydrogens is 280 g/mol. The first kappa shape index (κ1) is 15.0. The molecule has 0 amide bonds. The summed E-state index contributed by atoms with van der Waals surface area (Å²) in [5.41, 5.74) is 1.24. The van der Waals surface area contributed by atoms with Gasteiger partial charge in [-0.2, -0.15) is 0 Å². The molecule has 6 heteroatoms. The number of aromatic nitrogens is 1. The Kier molecular flexibility index (Phi) is 4.77.